The van der Waals surface area contributed by atoms with Gasteiger partial charge in [0.05, 0.1) is 19.8 Å². The highest BCUT2D eigenvalue weighted by Crippen LogP contribution is 2.38. The molecule has 2 rings (SSSR count). The molecule has 0 spiro atoms. The maximum Gasteiger partial charge on any atom is 0.191 e. The molecule has 0 radical (unpaired) electrons. The number of benzene rings is 1. The number of hydrogen-bond donors (Lipinski definition) is 0. The van der Waals surface area contributed by atoms with Gasteiger partial charge < -0.3 is 18.6 Å². The minimum atomic E-state index is -1.75. The summed E-state index contributed by atoms with van der Waals surface area (Å²) >= 11 is 0. The van der Waals surface area contributed by atoms with Gasteiger partial charge in [-0.3, -0.25) is 0 Å². The first-order chi connectivity index (χ1) is 12.0. The molecule has 0 N–H and O–H groups in total. The standard InChI is InChI=1S/C21H36O4Si/c1-15-13-23-20(17-9-11-18(22-6)12-10-17)25-19(15)16(2)14-24-26(7,8)21(3,4)5/h9-12,15-16,19-20H,13-14H2,1-8H3/t15-,16-,19+,20+/m1/s1. The second-order valence-corrected chi connectivity index (χ2v) is 13.9. The third-order valence-electron chi connectivity index (χ3n) is 5.81. The third kappa shape index (κ3) is 5.09. The predicted molar refractivity (Wildman–Crippen MR) is 108 cm³/mol. The summed E-state index contributed by atoms with van der Waals surface area (Å²) in [4.78, 5) is 0. The van der Waals surface area contributed by atoms with E-state index < -0.39 is 8.32 Å². The fraction of sp³-hybridized carbons (Fsp3) is 0.714. The Bertz CT molecular complexity index is 564. The quantitative estimate of drug-likeness (QED) is 0.619. The largest absolute Gasteiger partial charge is 0.497 e. The molecule has 5 heteroatoms. The van der Waals surface area contributed by atoms with Crippen LogP contribution in [-0.2, 0) is 13.9 Å². The number of ether oxygens (including phenoxy) is 3. The minimum absolute atomic E-state index is 0.126. The Morgan fingerprint density at radius 3 is 2.35 bits per heavy atom. The van der Waals surface area contributed by atoms with Gasteiger partial charge in [-0.15, -0.1) is 0 Å². The first-order valence-electron chi connectivity index (χ1n) is 9.60. The molecule has 148 valence electrons. The van der Waals surface area contributed by atoms with Crippen molar-refractivity contribution in [3.05, 3.63) is 29.8 Å². The zero-order valence-corrected chi connectivity index (χ0v) is 18.7. The molecule has 0 aromatic heterocycles. The molecule has 1 aromatic rings. The summed E-state index contributed by atoms with van der Waals surface area (Å²) in [6.45, 7) is 17.3. The van der Waals surface area contributed by atoms with Crippen molar-refractivity contribution in [2.24, 2.45) is 11.8 Å². The number of rotatable bonds is 6. The van der Waals surface area contributed by atoms with Crippen molar-refractivity contribution in [3.63, 3.8) is 0 Å². The molecule has 0 aliphatic carbocycles. The average molecular weight is 381 g/mol. The van der Waals surface area contributed by atoms with E-state index in [1.54, 1.807) is 7.11 Å². The van der Waals surface area contributed by atoms with Crippen molar-refractivity contribution in [1.82, 2.24) is 0 Å². The van der Waals surface area contributed by atoms with Gasteiger partial charge in [-0.25, -0.2) is 0 Å². The van der Waals surface area contributed by atoms with Crippen molar-refractivity contribution < 1.29 is 18.6 Å². The Morgan fingerprint density at radius 2 is 1.81 bits per heavy atom. The Balaban J connectivity index is 2.00. The van der Waals surface area contributed by atoms with Crippen LogP contribution in [0, 0.1) is 11.8 Å². The molecule has 1 aliphatic rings. The summed E-state index contributed by atoms with van der Waals surface area (Å²) in [7, 11) is -0.0744. The molecule has 0 saturated carbocycles. The molecule has 1 saturated heterocycles. The van der Waals surface area contributed by atoms with E-state index in [4.69, 9.17) is 18.6 Å². The van der Waals surface area contributed by atoms with E-state index in [9.17, 15) is 0 Å². The summed E-state index contributed by atoms with van der Waals surface area (Å²) in [6.07, 6.45) is -0.196. The van der Waals surface area contributed by atoms with Crippen molar-refractivity contribution in [2.75, 3.05) is 20.3 Å². The second-order valence-electron chi connectivity index (χ2n) is 9.07. The van der Waals surface area contributed by atoms with Crippen molar-refractivity contribution >= 4 is 8.32 Å². The number of methoxy groups -OCH3 is 1. The molecular weight excluding hydrogens is 344 g/mol. The molecule has 1 heterocycles. The Hall–Kier alpha value is -0.883. The molecule has 1 fully saturated rings. The first-order valence-corrected chi connectivity index (χ1v) is 12.5. The highest BCUT2D eigenvalue weighted by Gasteiger charge is 2.39. The average Bonchev–Trinajstić information content (AvgIpc) is 2.59. The smallest absolute Gasteiger partial charge is 0.191 e. The van der Waals surface area contributed by atoms with E-state index in [0.29, 0.717) is 18.4 Å². The second kappa shape index (κ2) is 8.42. The van der Waals surface area contributed by atoms with E-state index >= 15 is 0 Å². The fourth-order valence-corrected chi connectivity index (χ4v) is 4.04. The van der Waals surface area contributed by atoms with Crippen LogP contribution in [0.4, 0.5) is 0 Å². The lowest BCUT2D eigenvalue weighted by Gasteiger charge is -2.41. The summed E-state index contributed by atoms with van der Waals surface area (Å²) in [5.74, 6) is 1.51. The third-order valence-corrected chi connectivity index (χ3v) is 10.3. The zero-order valence-electron chi connectivity index (χ0n) is 17.7. The zero-order chi connectivity index (χ0) is 19.5. The van der Waals surface area contributed by atoms with Gasteiger partial charge in [-0.2, -0.15) is 0 Å². The van der Waals surface area contributed by atoms with Crippen LogP contribution in [0.25, 0.3) is 0 Å². The predicted octanol–water partition coefficient (Wildman–Crippen LogP) is 5.40. The molecule has 1 aliphatic heterocycles. The van der Waals surface area contributed by atoms with Gasteiger partial charge in [0.15, 0.2) is 14.6 Å². The van der Waals surface area contributed by atoms with Crippen LogP contribution < -0.4 is 4.74 Å². The van der Waals surface area contributed by atoms with Gasteiger partial charge in [0.2, 0.25) is 0 Å². The van der Waals surface area contributed by atoms with E-state index in [1.807, 2.05) is 24.3 Å². The van der Waals surface area contributed by atoms with E-state index in [-0.39, 0.29) is 17.4 Å². The fourth-order valence-electron chi connectivity index (χ4n) is 2.93. The molecule has 4 nitrogen and oxygen atoms in total. The SMILES string of the molecule is COc1ccc([C@H]2OC[C@@H](C)[C@@H]([C@H](C)CO[Si](C)(C)C(C)(C)C)O2)cc1. The Morgan fingerprint density at radius 1 is 1.19 bits per heavy atom. The molecule has 26 heavy (non-hydrogen) atoms. The molecular formula is C21H36O4Si. The van der Waals surface area contributed by atoms with Gasteiger partial charge in [-0.1, -0.05) is 46.8 Å². The van der Waals surface area contributed by atoms with Crippen LogP contribution in [0.2, 0.25) is 18.1 Å². The Kier molecular flexibility index (Phi) is 6.94. The summed E-state index contributed by atoms with van der Waals surface area (Å²) in [6, 6.07) is 7.90. The van der Waals surface area contributed by atoms with Gasteiger partial charge in [0.1, 0.15) is 5.75 Å². The lowest BCUT2D eigenvalue weighted by Crippen LogP contribution is -2.45. The van der Waals surface area contributed by atoms with Crippen LogP contribution in [0.1, 0.15) is 46.5 Å². The summed E-state index contributed by atoms with van der Waals surface area (Å²) in [5, 5.41) is 0.223. The molecule has 0 amide bonds. The molecule has 4 atom stereocenters. The van der Waals surface area contributed by atoms with E-state index in [0.717, 1.165) is 17.9 Å². The highest BCUT2D eigenvalue weighted by atomic mass is 28.4. The van der Waals surface area contributed by atoms with Crippen LogP contribution in [0.15, 0.2) is 24.3 Å². The first kappa shape index (κ1) is 21.4. The van der Waals surface area contributed by atoms with Crippen LogP contribution in [0.5, 0.6) is 5.75 Å². The van der Waals surface area contributed by atoms with Crippen molar-refractivity contribution in [3.8, 4) is 5.75 Å². The van der Waals surface area contributed by atoms with Crippen molar-refractivity contribution in [1.29, 1.82) is 0 Å². The molecule has 0 bridgehead atoms. The Labute approximate surface area is 160 Å². The van der Waals surface area contributed by atoms with Gasteiger partial charge in [0.25, 0.3) is 0 Å². The minimum Gasteiger partial charge on any atom is -0.497 e. The summed E-state index contributed by atoms with van der Waals surface area (Å²) in [5.41, 5.74) is 1.03. The van der Waals surface area contributed by atoms with Gasteiger partial charge in [-0.05, 0) is 30.3 Å². The van der Waals surface area contributed by atoms with Gasteiger partial charge >= 0.3 is 0 Å². The van der Waals surface area contributed by atoms with Gasteiger partial charge in [0, 0.05) is 24.0 Å². The maximum absolute atomic E-state index is 6.43. The van der Waals surface area contributed by atoms with Crippen LogP contribution >= 0.6 is 0 Å². The van der Waals surface area contributed by atoms with E-state index in [1.165, 1.54) is 0 Å². The summed E-state index contributed by atoms with van der Waals surface area (Å²) < 4.78 is 23.9. The van der Waals surface area contributed by atoms with Crippen molar-refractivity contribution in [2.45, 2.75) is 65.1 Å². The maximum atomic E-state index is 6.43. The lowest BCUT2D eigenvalue weighted by atomic mass is 9.93. The van der Waals surface area contributed by atoms with Crippen LogP contribution in [-0.4, -0.2) is 34.7 Å². The highest BCUT2D eigenvalue weighted by molar-refractivity contribution is 6.74. The topological polar surface area (TPSA) is 36.9 Å². The molecule has 0 unspecified atom stereocenters. The van der Waals surface area contributed by atoms with E-state index in [2.05, 4.69) is 47.7 Å². The monoisotopic (exact) mass is 380 g/mol. The van der Waals surface area contributed by atoms with Crippen LogP contribution in [0.3, 0.4) is 0 Å². The normalized spacial score (nSPS) is 25.8. The molecule has 1 aromatic carbocycles. The number of hydrogen-bond acceptors (Lipinski definition) is 4. The lowest BCUT2D eigenvalue weighted by molar-refractivity contribution is -0.251.